The van der Waals surface area contributed by atoms with E-state index in [0.717, 1.165) is 16.9 Å². The summed E-state index contributed by atoms with van der Waals surface area (Å²) in [5.74, 6) is 0. The van der Waals surface area contributed by atoms with Crippen LogP contribution in [0.1, 0.15) is 19.9 Å². The molecule has 3 heterocycles. The van der Waals surface area contributed by atoms with Gasteiger partial charge in [-0.2, -0.15) is 5.10 Å². The van der Waals surface area contributed by atoms with Crippen molar-refractivity contribution in [1.82, 2.24) is 19.2 Å². The summed E-state index contributed by atoms with van der Waals surface area (Å²) in [6, 6.07) is 6.48. The Bertz CT molecular complexity index is 634. The molecule has 0 saturated carbocycles. The molecule has 0 radical (unpaired) electrons. The molecule has 0 aromatic carbocycles. The summed E-state index contributed by atoms with van der Waals surface area (Å²) in [5.41, 5.74) is 3.12. The molecule has 3 rings (SSSR count). The van der Waals surface area contributed by atoms with E-state index in [1.54, 1.807) is 6.20 Å². The summed E-state index contributed by atoms with van der Waals surface area (Å²) in [5, 5.41) is 4.54. The summed E-state index contributed by atoms with van der Waals surface area (Å²) >= 11 is 0. The quantitative estimate of drug-likeness (QED) is 0.673. The Morgan fingerprint density at radius 1 is 1.24 bits per heavy atom. The lowest BCUT2D eigenvalue weighted by Gasteiger charge is -2.05. The molecule has 0 spiro atoms. The van der Waals surface area contributed by atoms with Crippen molar-refractivity contribution in [3.8, 4) is 11.3 Å². The molecular weight excluding hydrogens is 212 g/mol. The van der Waals surface area contributed by atoms with Crippen molar-refractivity contribution >= 4 is 5.65 Å². The van der Waals surface area contributed by atoms with E-state index in [0.29, 0.717) is 6.04 Å². The normalized spacial score (nSPS) is 11.5. The SMILES string of the molecule is CC(C)n1ccn2nc(-c3cccnc3)cc12. The highest BCUT2D eigenvalue weighted by atomic mass is 15.3. The maximum atomic E-state index is 4.54. The molecule has 17 heavy (non-hydrogen) atoms. The second kappa shape index (κ2) is 3.73. The molecule has 86 valence electrons. The molecular formula is C13H14N4. The molecule has 0 N–H and O–H groups in total. The van der Waals surface area contributed by atoms with Gasteiger partial charge in [0.15, 0.2) is 0 Å². The molecule has 4 heteroatoms. The Morgan fingerprint density at radius 2 is 2.12 bits per heavy atom. The summed E-state index contributed by atoms with van der Waals surface area (Å²) in [6.07, 6.45) is 7.64. The summed E-state index contributed by atoms with van der Waals surface area (Å²) in [7, 11) is 0. The molecule has 0 amide bonds. The van der Waals surface area contributed by atoms with Gasteiger partial charge >= 0.3 is 0 Å². The number of hydrogen-bond acceptors (Lipinski definition) is 2. The highest BCUT2D eigenvalue weighted by molar-refractivity contribution is 5.63. The average Bonchev–Trinajstić information content (AvgIpc) is 2.88. The van der Waals surface area contributed by atoms with Crippen LogP contribution >= 0.6 is 0 Å². The van der Waals surface area contributed by atoms with Gasteiger partial charge in [-0.3, -0.25) is 4.98 Å². The van der Waals surface area contributed by atoms with Crippen molar-refractivity contribution in [2.75, 3.05) is 0 Å². The predicted molar refractivity (Wildman–Crippen MR) is 66.8 cm³/mol. The van der Waals surface area contributed by atoms with Gasteiger partial charge in [0.25, 0.3) is 0 Å². The third kappa shape index (κ3) is 1.62. The van der Waals surface area contributed by atoms with Crippen LogP contribution in [0, 0.1) is 0 Å². The molecule has 0 aliphatic rings. The first-order chi connectivity index (χ1) is 8.25. The number of rotatable bonds is 2. The van der Waals surface area contributed by atoms with Gasteiger partial charge in [0.1, 0.15) is 5.65 Å². The van der Waals surface area contributed by atoms with E-state index in [-0.39, 0.29) is 0 Å². The van der Waals surface area contributed by atoms with Crippen molar-refractivity contribution in [2.24, 2.45) is 0 Å². The van der Waals surface area contributed by atoms with Crippen LogP contribution in [-0.4, -0.2) is 19.2 Å². The maximum Gasteiger partial charge on any atom is 0.136 e. The van der Waals surface area contributed by atoms with Crippen molar-refractivity contribution in [3.63, 3.8) is 0 Å². The molecule has 3 aromatic rings. The predicted octanol–water partition coefficient (Wildman–Crippen LogP) is 2.78. The Labute approximate surface area is 99.5 Å². The zero-order valence-electron chi connectivity index (χ0n) is 9.91. The number of aromatic nitrogens is 4. The minimum atomic E-state index is 0.436. The standard InChI is InChI=1S/C13H14N4/c1-10(2)16-6-7-17-13(16)8-12(15-17)11-4-3-5-14-9-11/h3-10H,1-2H3. The number of fused-ring (bicyclic) bond motifs is 1. The van der Waals surface area contributed by atoms with Gasteiger partial charge in [-0.05, 0) is 26.0 Å². The fourth-order valence-corrected chi connectivity index (χ4v) is 1.99. The Morgan fingerprint density at radius 3 is 2.82 bits per heavy atom. The van der Waals surface area contributed by atoms with Gasteiger partial charge in [0.05, 0.1) is 5.69 Å². The fraction of sp³-hybridized carbons (Fsp3) is 0.231. The Kier molecular flexibility index (Phi) is 2.21. The van der Waals surface area contributed by atoms with Gasteiger partial charge in [-0.1, -0.05) is 0 Å². The van der Waals surface area contributed by atoms with Crippen LogP contribution < -0.4 is 0 Å². The van der Waals surface area contributed by atoms with Gasteiger partial charge < -0.3 is 4.57 Å². The Balaban J connectivity index is 2.15. The highest BCUT2D eigenvalue weighted by Gasteiger charge is 2.09. The topological polar surface area (TPSA) is 35.1 Å². The molecule has 4 nitrogen and oxygen atoms in total. The van der Waals surface area contributed by atoms with Crippen LogP contribution in [0.3, 0.4) is 0 Å². The van der Waals surface area contributed by atoms with E-state index in [4.69, 9.17) is 0 Å². The first kappa shape index (κ1) is 10.1. The lowest BCUT2D eigenvalue weighted by atomic mass is 10.2. The van der Waals surface area contributed by atoms with Crippen molar-refractivity contribution in [2.45, 2.75) is 19.9 Å². The zero-order chi connectivity index (χ0) is 11.8. The molecule has 3 aromatic heterocycles. The number of hydrogen-bond donors (Lipinski definition) is 0. The van der Waals surface area contributed by atoms with E-state index in [1.165, 1.54) is 0 Å². The minimum absolute atomic E-state index is 0.436. The largest absolute Gasteiger partial charge is 0.329 e. The van der Waals surface area contributed by atoms with Gasteiger partial charge in [0.2, 0.25) is 0 Å². The van der Waals surface area contributed by atoms with E-state index in [9.17, 15) is 0 Å². The highest BCUT2D eigenvalue weighted by Crippen LogP contribution is 2.20. The van der Waals surface area contributed by atoms with Gasteiger partial charge in [0, 0.05) is 42.5 Å². The van der Waals surface area contributed by atoms with E-state index in [1.807, 2.05) is 29.0 Å². The lowest BCUT2D eigenvalue weighted by molar-refractivity contribution is 0.619. The maximum absolute atomic E-state index is 4.54. The van der Waals surface area contributed by atoms with Crippen molar-refractivity contribution in [1.29, 1.82) is 0 Å². The first-order valence-electron chi connectivity index (χ1n) is 5.72. The molecule has 0 aliphatic heterocycles. The molecule has 0 atom stereocenters. The number of imidazole rings is 1. The zero-order valence-corrected chi connectivity index (χ0v) is 9.91. The van der Waals surface area contributed by atoms with E-state index >= 15 is 0 Å². The van der Waals surface area contributed by atoms with Crippen molar-refractivity contribution in [3.05, 3.63) is 43.0 Å². The second-order valence-electron chi connectivity index (χ2n) is 4.37. The lowest BCUT2D eigenvalue weighted by Crippen LogP contribution is -1.97. The average molecular weight is 226 g/mol. The van der Waals surface area contributed by atoms with Crippen LogP contribution in [0.15, 0.2) is 43.0 Å². The minimum Gasteiger partial charge on any atom is -0.329 e. The summed E-state index contributed by atoms with van der Waals surface area (Å²) < 4.78 is 4.11. The first-order valence-corrected chi connectivity index (χ1v) is 5.72. The molecule has 0 fully saturated rings. The van der Waals surface area contributed by atoms with Crippen LogP contribution in [-0.2, 0) is 0 Å². The van der Waals surface area contributed by atoms with Crippen LogP contribution in [0.4, 0.5) is 0 Å². The molecule has 0 bridgehead atoms. The third-order valence-electron chi connectivity index (χ3n) is 2.86. The monoisotopic (exact) mass is 226 g/mol. The summed E-state index contributed by atoms with van der Waals surface area (Å²) in [6.45, 7) is 4.33. The fourth-order valence-electron chi connectivity index (χ4n) is 1.99. The van der Waals surface area contributed by atoms with Crippen molar-refractivity contribution < 1.29 is 0 Å². The number of nitrogens with zero attached hydrogens (tertiary/aromatic N) is 4. The third-order valence-corrected chi connectivity index (χ3v) is 2.86. The molecule has 0 unspecified atom stereocenters. The summed E-state index contributed by atoms with van der Waals surface area (Å²) in [4.78, 5) is 4.12. The van der Waals surface area contributed by atoms with E-state index in [2.05, 4.69) is 40.8 Å². The molecule has 0 saturated heterocycles. The van der Waals surface area contributed by atoms with Crippen LogP contribution in [0.25, 0.3) is 16.9 Å². The van der Waals surface area contributed by atoms with Gasteiger partial charge in [-0.25, -0.2) is 4.52 Å². The van der Waals surface area contributed by atoms with Crippen LogP contribution in [0.2, 0.25) is 0 Å². The van der Waals surface area contributed by atoms with Crippen LogP contribution in [0.5, 0.6) is 0 Å². The smallest absolute Gasteiger partial charge is 0.136 e. The number of pyridine rings is 1. The van der Waals surface area contributed by atoms with E-state index < -0.39 is 0 Å². The van der Waals surface area contributed by atoms with Gasteiger partial charge in [-0.15, -0.1) is 0 Å². The molecule has 0 aliphatic carbocycles. The Hall–Kier alpha value is -2.10. The second-order valence-corrected chi connectivity index (χ2v) is 4.37.